The molecule has 1 amide bonds. The lowest BCUT2D eigenvalue weighted by Crippen LogP contribution is -2.42. The van der Waals surface area contributed by atoms with Crippen LogP contribution in [0.2, 0.25) is 5.02 Å². The second-order valence-electron chi connectivity index (χ2n) is 5.60. The quantitative estimate of drug-likeness (QED) is 0.573. The molecule has 6 nitrogen and oxygen atoms in total. The van der Waals surface area contributed by atoms with Crippen LogP contribution in [0.15, 0.2) is 23.1 Å². The summed E-state index contributed by atoms with van der Waals surface area (Å²) in [7, 11) is 1.36. The third kappa shape index (κ3) is 5.12. The Morgan fingerprint density at radius 3 is 2.56 bits per heavy atom. The standard InChI is InChI=1S/C17H20ClNO5S/c1-23-16(21)11-5-7-19(8-6-11)15(20)10-24-17(22)13-9-12(25-2)3-4-14(13)18/h3-4,9,11H,5-8,10H2,1-2H3. The first kappa shape index (κ1) is 19.6. The maximum Gasteiger partial charge on any atom is 0.340 e. The van der Waals surface area contributed by atoms with Gasteiger partial charge in [0.05, 0.1) is 23.6 Å². The molecule has 0 atom stereocenters. The number of amides is 1. The van der Waals surface area contributed by atoms with Crippen LogP contribution >= 0.6 is 23.4 Å². The van der Waals surface area contributed by atoms with Gasteiger partial charge in [-0.3, -0.25) is 9.59 Å². The van der Waals surface area contributed by atoms with Crippen molar-refractivity contribution in [2.75, 3.05) is 33.1 Å². The van der Waals surface area contributed by atoms with Crippen molar-refractivity contribution >= 4 is 41.2 Å². The Kier molecular flexibility index (Phi) is 7.13. The molecule has 0 unspecified atom stereocenters. The summed E-state index contributed by atoms with van der Waals surface area (Å²) in [5.41, 5.74) is 0.241. The van der Waals surface area contributed by atoms with Crippen molar-refractivity contribution < 1.29 is 23.9 Å². The van der Waals surface area contributed by atoms with E-state index in [0.29, 0.717) is 25.9 Å². The average Bonchev–Trinajstić information content (AvgIpc) is 2.65. The van der Waals surface area contributed by atoms with Gasteiger partial charge in [0.15, 0.2) is 6.61 Å². The summed E-state index contributed by atoms with van der Waals surface area (Å²) in [4.78, 5) is 38.3. The minimum Gasteiger partial charge on any atom is -0.469 e. The number of methoxy groups -OCH3 is 1. The number of piperidine rings is 1. The molecule has 0 aromatic heterocycles. The van der Waals surface area contributed by atoms with Crippen molar-refractivity contribution in [2.45, 2.75) is 17.7 Å². The summed E-state index contributed by atoms with van der Waals surface area (Å²) in [6, 6.07) is 5.07. The Labute approximate surface area is 155 Å². The number of carbonyl (C=O) groups excluding carboxylic acids is 3. The number of benzene rings is 1. The number of hydrogen-bond acceptors (Lipinski definition) is 6. The molecule has 0 saturated carbocycles. The maximum absolute atomic E-state index is 12.2. The van der Waals surface area contributed by atoms with Crippen molar-refractivity contribution in [3.05, 3.63) is 28.8 Å². The second-order valence-corrected chi connectivity index (χ2v) is 6.89. The normalized spacial score (nSPS) is 14.9. The van der Waals surface area contributed by atoms with Gasteiger partial charge in [0, 0.05) is 18.0 Å². The minimum absolute atomic E-state index is 0.176. The number of carbonyl (C=O) groups is 3. The molecule has 1 saturated heterocycles. The third-order valence-corrected chi connectivity index (χ3v) is 5.16. The fraction of sp³-hybridized carbons (Fsp3) is 0.471. The van der Waals surface area contributed by atoms with Gasteiger partial charge in [0.1, 0.15) is 0 Å². The van der Waals surface area contributed by atoms with Crippen LogP contribution in [0.1, 0.15) is 23.2 Å². The van der Waals surface area contributed by atoms with E-state index in [4.69, 9.17) is 21.1 Å². The largest absolute Gasteiger partial charge is 0.469 e. The average molecular weight is 386 g/mol. The first-order chi connectivity index (χ1) is 12.0. The van der Waals surface area contributed by atoms with E-state index in [1.807, 2.05) is 6.26 Å². The van der Waals surface area contributed by atoms with Gasteiger partial charge < -0.3 is 14.4 Å². The molecule has 0 spiro atoms. The number of esters is 2. The zero-order chi connectivity index (χ0) is 18.4. The first-order valence-corrected chi connectivity index (χ1v) is 9.42. The SMILES string of the molecule is COC(=O)C1CCN(C(=O)COC(=O)c2cc(SC)ccc2Cl)CC1. The predicted octanol–water partition coefficient (Wildman–Crippen LogP) is 2.63. The van der Waals surface area contributed by atoms with Gasteiger partial charge in [-0.25, -0.2) is 4.79 Å². The number of likely N-dealkylation sites (tertiary alicyclic amines) is 1. The van der Waals surface area contributed by atoms with Gasteiger partial charge in [-0.05, 0) is 37.3 Å². The minimum atomic E-state index is -0.626. The van der Waals surface area contributed by atoms with Crippen LogP contribution in [0, 0.1) is 5.92 Å². The molecule has 8 heteroatoms. The molecule has 1 aromatic rings. The van der Waals surface area contributed by atoms with Crippen molar-refractivity contribution in [2.24, 2.45) is 5.92 Å². The molecular weight excluding hydrogens is 366 g/mol. The monoisotopic (exact) mass is 385 g/mol. The molecule has 0 N–H and O–H groups in total. The van der Waals surface area contributed by atoms with Crippen LogP contribution in [0.3, 0.4) is 0 Å². The third-order valence-electron chi connectivity index (χ3n) is 4.10. The first-order valence-electron chi connectivity index (χ1n) is 7.82. The molecule has 1 fully saturated rings. The lowest BCUT2D eigenvalue weighted by molar-refractivity contribution is -0.149. The van der Waals surface area contributed by atoms with Gasteiger partial charge in [-0.1, -0.05) is 11.6 Å². The van der Waals surface area contributed by atoms with E-state index in [0.717, 1.165) is 4.90 Å². The van der Waals surface area contributed by atoms with Crippen LogP contribution in [0.25, 0.3) is 0 Å². The van der Waals surface area contributed by atoms with Crippen LogP contribution in [-0.4, -0.2) is 55.8 Å². The van der Waals surface area contributed by atoms with Crippen molar-refractivity contribution in [1.82, 2.24) is 4.90 Å². The number of ether oxygens (including phenoxy) is 2. The van der Waals surface area contributed by atoms with E-state index in [2.05, 4.69) is 0 Å². The smallest absolute Gasteiger partial charge is 0.340 e. The highest BCUT2D eigenvalue weighted by Crippen LogP contribution is 2.24. The number of halogens is 1. The van der Waals surface area contributed by atoms with E-state index in [9.17, 15) is 14.4 Å². The van der Waals surface area contributed by atoms with Crippen LogP contribution in [0.5, 0.6) is 0 Å². The van der Waals surface area contributed by atoms with Crippen LogP contribution in [0.4, 0.5) is 0 Å². The molecule has 1 aliphatic rings. The van der Waals surface area contributed by atoms with E-state index in [-0.39, 0.29) is 35.0 Å². The number of thioether (sulfide) groups is 1. The van der Waals surface area contributed by atoms with Crippen molar-refractivity contribution in [3.63, 3.8) is 0 Å². The topological polar surface area (TPSA) is 72.9 Å². The summed E-state index contributed by atoms with van der Waals surface area (Å²) in [5, 5.41) is 0.286. The number of rotatable bonds is 5. The second kappa shape index (κ2) is 9.10. The van der Waals surface area contributed by atoms with Crippen LogP contribution in [-0.2, 0) is 19.1 Å². The van der Waals surface area contributed by atoms with Gasteiger partial charge in [0.2, 0.25) is 0 Å². The summed E-state index contributed by atoms with van der Waals surface area (Å²) in [6.45, 7) is 0.541. The zero-order valence-corrected chi connectivity index (χ0v) is 15.7. The number of nitrogens with zero attached hydrogens (tertiary/aromatic N) is 1. The van der Waals surface area contributed by atoms with Crippen molar-refractivity contribution in [1.29, 1.82) is 0 Å². The lowest BCUT2D eigenvalue weighted by Gasteiger charge is -2.30. The molecule has 1 heterocycles. The van der Waals surface area contributed by atoms with E-state index < -0.39 is 5.97 Å². The Morgan fingerprint density at radius 2 is 1.96 bits per heavy atom. The predicted molar refractivity (Wildman–Crippen MR) is 94.8 cm³/mol. The highest BCUT2D eigenvalue weighted by molar-refractivity contribution is 7.98. The summed E-state index contributed by atoms with van der Waals surface area (Å²) >= 11 is 7.50. The number of hydrogen-bond donors (Lipinski definition) is 0. The summed E-state index contributed by atoms with van der Waals surface area (Å²) in [6.07, 6.45) is 2.99. The molecule has 0 radical (unpaired) electrons. The van der Waals surface area contributed by atoms with Crippen LogP contribution < -0.4 is 0 Å². The van der Waals surface area contributed by atoms with E-state index in [1.165, 1.54) is 18.9 Å². The summed E-state index contributed by atoms with van der Waals surface area (Å²) < 4.78 is 9.82. The maximum atomic E-state index is 12.2. The van der Waals surface area contributed by atoms with E-state index >= 15 is 0 Å². The fourth-order valence-electron chi connectivity index (χ4n) is 2.62. The molecule has 0 bridgehead atoms. The Bertz CT molecular complexity index is 658. The molecule has 25 heavy (non-hydrogen) atoms. The lowest BCUT2D eigenvalue weighted by atomic mass is 9.97. The molecule has 1 aromatic carbocycles. The van der Waals surface area contributed by atoms with Gasteiger partial charge >= 0.3 is 11.9 Å². The Hall–Kier alpha value is -1.73. The van der Waals surface area contributed by atoms with Gasteiger partial charge in [0.25, 0.3) is 5.91 Å². The Balaban J connectivity index is 1.86. The molecule has 2 rings (SSSR count). The molecule has 0 aliphatic carbocycles. The highest BCUT2D eigenvalue weighted by Gasteiger charge is 2.28. The Morgan fingerprint density at radius 1 is 1.28 bits per heavy atom. The van der Waals surface area contributed by atoms with E-state index in [1.54, 1.807) is 23.1 Å². The zero-order valence-electron chi connectivity index (χ0n) is 14.1. The fourth-order valence-corrected chi connectivity index (χ4v) is 3.25. The van der Waals surface area contributed by atoms with Gasteiger partial charge in [-0.2, -0.15) is 0 Å². The van der Waals surface area contributed by atoms with Crippen molar-refractivity contribution in [3.8, 4) is 0 Å². The highest BCUT2D eigenvalue weighted by atomic mass is 35.5. The molecular formula is C17H20ClNO5S. The van der Waals surface area contributed by atoms with Gasteiger partial charge in [-0.15, -0.1) is 11.8 Å². The molecule has 1 aliphatic heterocycles. The molecule has 136 valence electrons. The summed E-state index contributed by atoms with van der Waals surface area (Å²) in [5.74, 6) is -1.33.